The summed E-state index contributed by atoms with van der Waals surface area (Å²) in [7, 11) is -2.65. The van der Waals surface area contributed by atoms with Crippen LogP contribution >= 0.6 is 67.9 Å². The number of terminal acetylenes is 2. The number of pyridine rings is 4. The Labute approximate surface area is 705 Å². The number of rotatable bonds is 12. The molecule has 0 unspecified atom stereocenters. The van der Waals surface area contributed by atoms with E-state index in [1.807, 2.05) is 0 Å². The fourth-order valence-corrected chi connectivity index (χ4v) is 20.9. The Kier molecular flexibility index (Phi) is 30.5. The molecule has 8 aromatic rings. The van der Waals surface area contributed by atoms with E-state index >= 15 is 0 Å². The fourth-order valence-electron chi connectivity index (χ4n) is 15.4. The largest absolute Gasteiger partial charge is 0.396 e. The second-order valence-electron chi connectivity index (χ2n) is 31.3. The lowest BCUT2D eigenvalue weighted by molar-refractivity contribution is -0.169. The smallest absolute Gasteiger partial charge is 0.171 e. The molecule has 29 heteroatoms. The average Bonchev–Trinajstić information content (AvgIpc) is 1.62. The van der Waals surface area contributed by atoms with Gasteiger partial charge in [-0.05, 0) is 94.8 Å². The SMILES string of the molecule is C.C#C[Si](C)(C)C.C#Cc1c(C#N)sc2nc(N3CCC4(CC3)OCCO4)cc(CCC)c12.CCCc1cc(N2CCC3(CC2)OCCO3)nc2sc(C#N)c(C#C[Si](C)(C)C)c12.CCCc1cc(N2CCC3(CC2)OCCO3)nc2sc(C#N)c(I)c12.CCCc1cc(N2CCC3(CC2)OCCO3)nc2sc(C#N)c(N)c12.N. The van der Waals surface area contributed by atoms with E-state index in [2.05, 4.69) is 181 Å². The standard InChI is InChI=1S/C23H29N3O2SSi.C20H21N3O2S.C18H20IN3O2S.C18H22N4O2S.C5H10Si.CH4.H3N/c1-5-6-17-15-20(26-10-8-23(9-11-26)27-12-13-28-23)25-22-21(17)18(19(16-24)29-22)7-14-30(2,3)4;1-3-5-14-12-17(22-19-18(14)15(4-2)16(13-21)26-19)23-8-6-20(7-9-23)24-10-11-25-20;1-2-3-12-10-14(21-17-15(12)16(19)13(11-20)25-17)22-6-4-18(5-7-22)23-8-9-24-18;1-2-3-12-10-14(21-17-15(12)16(20)13(11-19)25-17)22-6-4-18(5-7-22)23-8-9-24-18;1-5-6(2,3)4;;/h15H,5-6,8-13H2,1-4H3;2,12H,3,5-11H2,1H3;10H,2-9H2,1H3;10H,2-9,20H2,1H3;1H,2-4H3;1H4;1H3. The number of aromatic nitrogens is 4. The van der Waals surface area contributed by atoms with E-state index in [4.69, 9.17) is 76.4 Å². The number of hydrogen-bond acceptors (Lipinski definition) is 26. The van der Waals surface area contributed by atoms with E-state index in [1.165, 1.54) is 73.0 Å². The van der Waals surface area contributed by atoms with Crippen LogP contribution in [0.4, 0.5) is 29.0 Å². The van der Waals surface area contributed by atoms with Crippen LogP contribution in [0.25, 0.3) is 40.9 Å². The molecular weight excluding hydrogens is 1660 g/mol. The van der Waals surface area contributed by atoms with Crippen LogP contribution in [0, 0.1) is 84.7 Å². The predicted molar refractivity (Wildman–Crippen MR) is 477 cm³/mol. The predicted octanol–water partition coefficient (Wildman–Crippen LogP) is 17.5. The zero-order valence-electron chi connectivity index (χ0n) is 67.0. The van der Waals surface area contributed by atoms with Gasteiger partial charge < -0.3 is 69.4 Å². The van der Waals surface area contributed by atoms with Crippen LogP contribution in [0.1, 0.15) is 165 Å². The zero-order valence-corrected chi connectivity index (χ0v) is 74.4. The molecule has 5 N–H and O–H groups in total. The first-order valence-electron chi connectivity index (χ1n) is 39.4. The summed E-state index contributed by atoms with van der Waals surface area (Å²) in [4.78, 5) is 35.0. The highest BCUT2D eigenvalue weighted by molar-refractivity contribution is 14.1. The third kappa shape index (κ3) is 20.3. The molecule has 8 saturated heterocycles. The summed E-state index contributed by atoms with van der Waals surface area (Å²) in [6.07, 6.45) is 25.7. The van der Waals surface area contributed by atoms with Crippen molar-refractivity contribution in [1.29, 1.82) is 21.0 Å². The Balaban J connectivity index is 0.000000156. The minimum absolute atomic E-state index is 0. The molecule has 4 spiro atoms. The molecule has 0 radical (unpaired) electrons. The molecule has 0 saturated carbocycles. The Morgan fingerprint density at radius 3 is 0.982 bits per heavy atom. The molecule has 0 aliphatic carbocycles. The van der Waals surface area contributed by atoms with Gasteiger partial charge in [-0.1, -0.05) is 112 Å². The Hall–Kier alpha value is -7.12. The first-order valence-corrected chi connectivity index (χ1v) is 50.7. The lowest BCUT2D eigenvalue weighted by atomic mass is 10.0. The lowest BCUT2D eigenvalue weighted by Gasteiger charge is -2.38. The van der Waals surface area contributed by atoms with Crippen molar-refractivity contribution in [2.24, 2.45) is 0 Å². The molecule has 16 rings (SSSR count). The first-order chi connectivity index (χ1) is 53.9. The number of piperidine rings is 4. The summed E-state index contributed by atoms with van der Waals surface area (Å²) in [5.41, 5.74) is 19.5. The molecule has 0 bridgehead atoms. The Morgan fingerprint density at radius 1 is 0.430 bits per heavy atom. The molecule has 8 fully saturated rings. The number of halogens is 1. The van der Waals surface area contributed by atoms with Gasteiger partial charge in [0.15, 0.2) is 23.1 Å². The van der Waals surface area contributed by atoms with E-state index in [0.717, 1.165) is 228 Å². The number of ether oxygens (including phenoxy) is 8. The topological polar surface area (TPSA) is 295 Å². The average molecular weight is 1770 g/mol. The molecule has 0 aromatic carbocycles. The Morgan fingerprint density at radius 2 is 0.693 bits per heavy atom. The van der Waals surface area contributed by atoms with Crippen LogP contribution in [0.5, 0.6) is 0 Å². The molecule has 8 aliphatic heterocycles. The Bertz CT molecular complexity index is 4890. The van der Waals surface area contributed by atoms with Crippen molar-refractivity contribution in [3.63, 3.8) is 0 Å². The van der Waals surface area contributed by atoms with Gasteiger partial charge in [-0.3, -0.25) is 0 Å². The van der Waals surface area contributed by atoms with Gasteiger partial charge in [0.1, 0.15) is 103 Å². The highest BCUT2D eigenvalue weighted by Gasteiger charge is 2.44. The number of nitrogens with zero attached hydrogens (tertiary/aromatic N) is 12. The quantitative estimate of drug-likeness (QED) is 0.0652. The molecule has 0 atom stereocenters. The van der Waals surface area contributed by atoms with Gasteiger partial charge in [0.2, 0.25) is 0 Å². The van der Waals surface area contributed by atoms with Crippen molar-refractivity contribution in [2.75, 3.05) is 131 Å². The van der Waals surface area contributed by atoms with Crippen molar-refractivity contribution in [1.82, 2.24) is 26.1 Å². The summed E-state index contributed by atoms with van der Waals surface area (Å²) >= 11 is 8.05. The maximum atomic E-state index is 9.74. The van der Waals surface area contributed by atoms with Crippen molar-refractivity contribution in [3.8, 4) is 60.1 Å². The van der Waals surface area contributed by atoms with Crippen molar-refractivity contribution >= 4 is 154 Å². The third-order valence-corrected chi connectivity index (χ3v) is 28.3. The number of fused-ring (bicyclic) bond motifs is 4. The molecule has 606 valence electrons. The lowest BCUT2D eigenvalue weighted by Crippen LogP contribution is -2.45. The second kappa shape index (κ2) is 39.0. The van der Waals surface area contributed by atoms with Gasteiger partial charge in [0.25, 0.3) is 0 Å². The van der Waals surface area contributed by atoms with E-state index in [1.54, 1.807) is 0 Å². The zero-order chi connectivity index (χ0) is 79.6. The van der Waals surface area contributed by atoms with Crippen molar-refractivity contribution < 1.29 is 37.9 Å². The van der Waals surface area contributed by atoms with Gasteiger partial charge in [0, 0.05) is 125 Å². The van der Waals surface area contributed by atoms with Crippen LogP contribution < -0.4 is 31.5 Å². The van der Waals surface area contributed by atoms with Crippen molar-refractivity contribution in [2.45, 2.75) is 200 Å². The number of hydrogen-bond donors (Lipinski definition) is 2. The number of nitrogen functional groups attached to an aromatic ring is 1. The van der Waals surface area contributed by atoms with E-state index < -0.39 is 16.1 Å². The monoisotopic (exact) mass is 1760 g/mol. The van der Waals surface area contributed by atoms with Gasteiger partial charge >= 0.3 is 0 Å². The van der Waals surface area contributed by atoms with Gasteiger partial charge in [-0.2, -0.15) is 21.0 Å². The summed E-state index contributed by atoms with van der Waals surface area (Å²) in [6.45, 7) is 34.3. The number of nitriles is 4. The molecule has 22 nitrogen and oxygen atoms in total. The van der Waals surface area contributed by atoms with Crippen molar-refractivity contribution in [3.05, 3.63) is 80.7 Å². The molecule has 114 heavy (non-hydrogen) atoms. The molecule has 0 amide bonds. The van der Waals surface area contributed by atoms with Crippen LogP contribution in [0.2, 0.25) is 39.3 Å². The van der Waals surface area contributed by atoms with Gasteiger partial charge in [0.05, 0.1) is 73.2 Å². The summed E-state index contributed by atoms with van der Waals surface area (Å²) in [5, 5.41) is 42.0. The van der Waals surface area contributed by atoms with Crippen LogP contribution in [-0.4, -0.2) is 164 Å². The molecular formula is C85H109IN14O8S4Si2. The van der Waals surface area contributed by atoms with Gasteiger partial charge in [-0.25, -0.2) is 19.9 Å². The minimum Gasteiger partial charge on any atom is -0.396 e. The molecule has 16 heterocycles. The minimum atomic E-state index is -1.54. The molecule has 8 aliphatic rings. The van der Waals surface area contributed by atoms with E-state index in [0.29, 0.717) is 78.7 Å². The summed E-state index contributed by atoms with van der Waals surface area (Å²) < 4.78 is 47.7. The van der Waals surface area contributed by atoms with Crippen LogP contribution in [0.3, 0.4) is 0 Å². The first kappa shape index (κ1) is 89.2. The number of aryl methyl sites for hydroxylation is 4. The second-order valence-corrected chi connectivity index (χ2v) is 46.0. The summed E-state index contributed by atoms with van der Waals surface area (Å²) in [6, 6.07) is 17.8. The highest BCUT2D eigenvalue weighted by atomic mass is 127. The fraction of sp³-hybridized carbons (Fsp3) is 0.553. The van der Waals surface area contributed by atoms with E-state index in [-0.39, 0.29) is 36.7 Å². The van der Waals surface area contributed by atoms with E-state index in [9.17, 15) is 21.0 Å². The highest BCUT2D eigenvalue weighted by Crippen LogP contribution is 2.44. The van der Waals surface area contributed by atoms with Crippen LogP contribution in [0.15, 0.2) is 24.3 Å². The third-order valence-electron chi connectivity index (χ3n) is 21.2. The van der Waals surface area contributed by atoms with Crippen LogP contribution in [-0.2, 0) is 63.6 Å². The molecule has 8 aromatic heterocycles. The maximum Gasteiger partial charge on any atom is 0.171 e. The maximum absolute atomic E-state index is 9.74. The number of anilines is 5. The number of thiophene rings is 4. The summed E-state index contributed by atoms with van der Waals surface area (Å²) in [5.74, 6) is 8.50. The van der Waals surface area contributed by atoms with Gasteiger partial charge in [-0.15, -0.1) is 69.3 Å². The number of nitrogens with two attached hydrogens (primary N) is 1. The normalized spacial score (nSPS) is 18.3.